The van der Waals surface area contributed by atoms with Gasteiger partial charge in [0.1, 0.15) is 0 Å². The maximum atomic E-state index is 2.21. The van der Waals surface area contributed by atoms with E-state index < -0.39 is 0 Å². The average molecular weight is 198 g/mol. The van der Waals surface area contributed by atoms with Gasteiger partial charge in [-0.25, -0.2) is 0 Å². The first kappa shape index (κ1) is 15.1. The van der Waals surface area contributed by atoms with E-state index in [1.54, 1.807) is 0 Å². The Balaban J connectivity index is 0. The van der Waals surface area contributed by atoms with Crippen molar-refractivity contribution in [3.05, 3.63) is 29.8 Å². The fourth-order valence-electron chi connectivity index (χ4n) is 0.853. The second-order valence-corrected chi connectivity index (χ2v) is 3.10. The van der Waals surface area contributed by atoms with Crippen LogP contribution in [0, 0.1) is 6.92 Å². The predicted molar refractivity (Wildman–Crippen MR) is 67.7 cm³/mol. The normalized spacial score (nSPS) is 8.46. The summed E-state index contributed by atoms with van der Waals surface area (Å²) in [4.78, 5) is 0. The molecule has 0 saturated heterocycles. The van der Waals surface area contributed by atoms with Gasteiger partial charge in [0.2, 0.25) is 0 Å². The van der Waals surface area contributed by atoms with Crippen molar-refractivity contribution in [2.45, 2.75) is 34.6 Å². The third kappa shape index (κ3) is 6.78. The molecule has 1 rings (SSSR count). The van der Waals surface area contributed by atoms with E-state index in [-0.39, 0.29) is 0 Å². The topological polar surface area (TPSA) is 0 Å². The molecule has 0 aromatic heterocycles. The molecule has 1 aromatic rings. The van der Waals surface area contributed by atoms with Crippen molar-refractivity contribution in [1.29, 1.82) is 0 Å². The van der Waals surface area contributed by atoms with Crippen LogP contribution in [0.4, 0.5) is 0 Å². The molecular formula is C12H23P. The first-order valence-corrected chi connectivity index (χ1v) is 6.58. The lowest BCUT2D eigenvalue weighted by Gasteiger charge is -1.98. The quantitative estimate of drug-likeness (QED) is 0.599. The zero-order valence-electron chi connectivity index (χ0n) is 9.81. The predicted octanol–water partition coefficient (Wildman–Crippen LogP) is 3.98. The Kier molecular flexibility index (Phi) is 13.6. The summed E-state index contributed by atoms with van der Waals surface area (Å²) in [6.45, 7) is 12.4. The summed E-state index contributed by atoms with van der Waals surface area (Å²) >= 11 is 0. The Morgan fingerprint density at radius 2 is 1.38 bits per heavy atom. The molecule has 0 aliphatic carbocycles. The third-order valence-electron chi connectivity index (χ3n) is 1.41. The van der Waals surface area contributed by atoms with E-state index in [4.69, 9.17) is 0 Å². The maximum absolute atomic E-state index is 2.21. The van der Waals surface area contributed by atoms with Gasteiger partial charge in [0.05, 0.1) is 0 Å². The van der Waals surface area contributed by atoms with Gasteiger partial charge in [0.25, 0.3) is 0 Å². The number of benzene rings is 1. The number of hydrogen-bond acceptors (Lipinski definition) is 0. The van der Waals surface area contributed by atoms with Crippen molar-refractivity contribution in [3.8, 4) is 0 Å². The van der Waals surface area contributed by atoms with Gasteiger partial charge in [0, 0.05) is 0 Å². The zero-order valence-corrected chi connectivity index (χ0v) is 10.8. The second kappa shape index (κ2) is 11.6. The summed E-state index contributed by atoms with van der Waals surface area (Å²) in [5.41, 5.74) is 1.42. The molecule has 1 unspecified atom stereocenters. The van der Waals surface area contributed by atoms with Crippen LogP contribution in [-0.4, -0.2) is 6.66 Å². The van der Waals surface area contributed by atoms with Crippen LogP contribution in [0.3, 0.4) is 0 Å². The maximum Gasteiger partial charge on any atom is -0.0245 e. The minimum Gasteiger partial charge on any atom is -0.0933 e. The molecule has 0 heterocycles. The van der Waals surface area contributed by atoms with Crippen LogP contribution in [0.25, 0.3) is 0 Å². The summed E-state index contributed by atoms with van der Waals surface area (Å²) < 4.78 is 0. The fourth-order valence-corrected chi connectivity index (χ4v) is 1.59. The van der Waals surface area contributed by atoms with Crippen LogP contribution in [0.1, 0.15) is 33.3 Å². The summed E-state index contributed by atoms with van der Waals surface area (Å²) in [7, 11) is 0.929. The highest BCUT2D eigenvalue weighted by Gasteiger charge is 1.89. The van der Waals surface area contributed by atoms with E-state index in [2.05, 4.69) is 37.9 Å². The van der Waals surface area contributed by atoms with E-state index in [0.717, 1.165) is 8.58 Å². The molecule has 0 nitrogen and oxygen atoms in total. The molecule has 1 heteroatoms. The molecule has 0 bridgehead atoms. The minimum absolute atomic E-state index is 0.929. The van der Waals surface area contributed by atoms with E-state index in [9.17, 15) is 0 Å². The number of rotatable bonds is 1. The Morgan fingerprint density at radius 1 is 0.923 bits per heavy atom. The summed E-state index contributed by atoms with van der Waals surface area (Å²) in [5, 5.41) is 1.48. The number of aryl methyl sites for hydroxylation is 1. The first-order valence-electron chi connectivity index (χ1n) is 5.08. The molecule has 0 spiro atoms. The van der Waals surface area contributed by atoms with Gasteiger partial charge < -0.3 is 0 Å². The molecule has 0 radical (unpaired) electrons. The van der Waals surface area contributed by atoms with Gasteiger partial charge in [-0.3, -0.25) is 0 Å². The van der Waals surface area contributed by atoms with E-state index in [0.29, 0.717) is 0 Å². The SMILES string of the molecule is CC.CC.CPc1ccccc1C. The summed E-state index contributed by atoms with van der Waals surface area (Å²) in [6, 6.07) is 8.53. The lowest BCUT2D eigenvalue weighted by atomic mass is 10.2. The van der Waals surface area contributed by atoms with Crippen LogP contribution in [-0.2, 0) is 0 Å². The van der Waals surface area contributed by atoms with E-state index in [1.165, 1.54) is 10.9 Å². The highest BCUT2D eigenvalue weighted by Crippen LogP contribution is 2.06. The highest BCUT2D eigenvalue weighted by atomic mass is 31.1. The van der Waals surface area contributed by atoms with Gasteiger partial charge in [-0.05, 0) is 24.5 Å². The van der Waals surface area contributed by atoms with Crippen LogP contribution < -0.4 is 5.30 Å². The van der Waals surface area contributed by atoms with Gasteiger partial charge in [-0.15, -0.1) is 0 Å². The van der Waals surface area contributed by atoms with Gasteiger partial charge >= 0.3 is 0 Å². The van der Waals surface area contributed by atoms with Crippen molar-refractivity contribution in [2.24, 2.45) is 0 Å². The summed E-state index contributed by atoms with van der Waals surface area (Å²) in [6.07, 6.45) is 0. The smallest absolute Gasteiger partial charge is 0.0245 e. The van der Waals surface area contributed by atoms with E-state index >= 15 is 0 Å². The molecular weight excluding hydrogens is 175 g/mol. The molecule has 76 valence electrons. The molecule has 13 heavy (non-hydrogen) atoms. The number of hydrogen-bond donors (Lipinski definition) is 0. The molecule has 0 aliphatic rings. The van der Waals surface area contributed by atoms with Crippen molar-refractivity contribution in [2.75, 3.05) is 6.66 Å². The van der Waals surface area contributed by atoms with Gasteiger partial charge in [-0.2, -0.15) is 0 Å². The monoisotopic (exact) mass is 198 g/mol. The minimum atomic E-state index is 0.929. The van der Waals surface area contributed by atoms with Crippen molar-refractivity contribution >= 4 is 13.9 Å². The molecule has 0 saturated carbocycles. The summed E-state index contributed by atoms with van der Waals surface area (Å²) in [5.74, 6) is 0. The highest BCUT2D eigenvalue weighted by molar-refractivity contribution is 7.46. The lowest BCUT2D eigenvalue weighted by Crippen LogP contribution is -1.96. The molecule has 1 atom stereocenters. The standard InChI is InChI=1S/C8H11P.2C2H6/c1-7-5-3-4-6-8(7)9-2;2*1-2/h3-6,9H,1-2H3;2*1-2H3. The van der Waals surface area contributed by atoms with Crippen LogP contribution >= 0.6 is 8.58 Å². The molecule has 0 amide bonds. The zero-order chi connectivity index (χ0) is 10.7. The molecule has 1 aromatic carbocycles. The molecule has 0 fully saturated rings. The van der Waals surface area contributed by atoms with E-state index in [1.807, 2.05) is 27.7 Å². The van der Waals surface area contributed by atoms with Gasteiger partial charge in [0.15, 0.2) is 0 Å². The molecule has 0 N–H and O–H groups in total. The Morgan fingerprint density at radius 3 is 1.69 bits per heavy atom. The lowest BCUT2D eigenvalue weighted by molar-refractivity contribution is 1.50. The van der Waals surface area contributed by atoms with Crippen molar-refractivity contribution in [3.63, 3.8) is 0 Å². The fraction of sp³-hybridized carbons (Fsp3) is 0.500. The van der Waals surface area contributed by atoms with Gasteiger partial charge in [-0.1, -0.05) is 60.5 Å². The second-order valence-electron chi connectivity index (χ2n) is 2.06. The largest absolute Gasteiger partial charge is 0.0933 e. The Hall–Kier alpha value is -0.350. The van der Waals surface area contributed by atoms with Crippen LogP contribution in [0.5, 0.6) is 0 Å². The first-order chi connectivity index (χ1) is 6.34. The Labute approximate surface area is 85.5 Å². The Bertz CT molecular complexity index is 194. The van der Waals surface area contributed by atoms with Crippen LogP contribution in [0.2, 0.25) is 0 Å². The third-order valence-corrected chi connectivity index (χ3v) is 2.51. The van der Waals surface area contributed by atoms with Crippen molar-refractivity contribution < 1.29 is 0 Å². The van der Waals surface area contributed by atoms with Crippen molar-refractivity contribution in [1.82, 2.24) is 0 Å². The van der Waals surface area contributed by atoms with Crippen LogP contribution in [0.15, 0.2) is 24.3 Å². The average Bonchev–Trinajstić information content (AvgIpc) is 2.24. The molecule has 0 aliphatic heterocycles.